The number of pyridine rings is 1. The van der Waals surface area contributed by atoms with E-state index in [0.717, 1.165) is 5.56 Å². The highest BCUT2D eigenvalue weighted by Crippen LogP contribution is 2.47. The van der Waals surface area contributed by atoms with Gasteiger partial charge in [0.2, 0.25) is 11.8 Å². The van der Waals surface area contributed by atoms with Gasteiger partial charge in [0.15, 0.2) is 0 Å². The molecule has 1 aliphatic carbocycles. The minimum Gasteiger partial charge on any atom is -0.492 e. The molecule has 0 spiro atoms. The molecule has 1 heterocycles. The van der Waals surface area contributed by atoms with E-state index in [0.29, 0.717) is 12.0 Å². The molecule has 3 atom stereocenters. The lowest BCUT2D eigenvalue weighted by Crippen LogP contribution is -2.33. The molecule has 8 heteroatoms. The number of amides is 1. The molecule has 5 nitrogen and oxygen atoms in total. The molecule has 1 aromatic carbocycles. The van der Waals surface area contributed by atoms with Gasteiger partial charge >= 0.3 is 0 Å². The first-order valence-corrected chi connectivity index (χ1v) is 8.66. The molecule has 0 bridgehead atoms. The number of aromatic nitrogens is 1. The van der Waals surface area contributed by atoms with Crippen molar-refractivity contribution >= 4 is 21.6 Å². The lowest BCUT2D eigenvalue weighted by atomic mass is 9.67. The van der Waals surface area contributed by atoms with Crippen LogP contribution in [-0.4, -0.2) is 43.7 Å². The first-order valence-electron chi connectivity index (χ1n) is 8.66. The maximum absolute atomic E-state index is 13.3. The number of hydrogen-bond donors (Lipinski definition) is 2. The van der Waals surface area contributed by atoms with Gasteiger partial charge < -0.3 is 15.2 Å². The van der Waals surface area contributed by atoms with Gasteiger partial charge in [-0.05, 0) is 48.6 Å². The first-order chi connectivity index (χ1) is 12.8. The highest BCUT2D eigenvalue weighted by Gasteiger charge is 2.44. The van der Waals surface area contributed by atoms with Gasteiger partial charge in [-0.15, -0.1) is 0 Å². The van der Waals surface area contributed by atoms with Crippen molar-refractivity contribution < 1.29 is 19.0 Å². The lowest BCUT2D eigenvalue weighted by Gasteiger charge is -2.22. The molecule has 0 aliphatic heterocycles. The smallest absolute Gasteiger partial charge is 0.224 e. The van der Waals surface area contributed by atoms with E-state index < -0.39 is 11.4 Å². The predicted octanol–water partition coefficient (Wildman–Crippen LogP) is 1.56. The van der Waals surface area contributed by atoms with Crippen LogP contribution >= 0.6 is 0 Å². The summed E-state index contributed by atoms with van der Waals surface area (Å²) in [7, 11) is 11.1. The van der Waals surface area contributed by atoms with Gasteiger partial charge in [0.1, 0.15) is 21.5 Å². The van der Waals surface area contributed by atoms with E-state index >= 15 is 0 Å². The molecular formula is C19H19B2FN2O3. The second kappa shape index (κ2) is 7.72. The second-order valence-electron chi connectivity index (χ2n) is 6.96. The topological polar surface area (TPSA) is 71.5 Å². The molecule has 2 aromatic rings. The first kappa shape index (κ1) is 19.4. The number of nitrogens with one attached hydrogen (secondary N) is 1. The Morgan fingerprint density at radius 1 is 1.44 bits per heavy atom. The summed E-state index contributed by atoms with van der Waals surface area (Å²) in [5.41, 5.74) is 1.43. The van der Waals surface area contributed by atoms with Crippen molar-refractivity contribution in [1.82, 2.24) is 10.3 Å². The Bertz CT molecular complexity index is 811. The Morgan fingerprint density at radius 2 is 2.22 bits per heavy atom. The molecule has 0 unspecified atom stereocenters. The summed E-state index contributed by atoms with van der Waals surface area (Å²) in [6.45, 7) is 1.21. The summed E-state index contributed by atoms with van der Waals surface area (Å²) < 4.78 is 18.6. The molecule has 2 N–H and O–H groups in total. The zero-order chi connectivity index (χ0) is 19.6. The summed E-state index contributed by atoms with van der Waals surface area (Å²) in [5, 5.41) is 11.1. The molecule has 1 aliphatic rings. The molecule has 3 rings (SSSR count). The number of aliphatic hydroxyl groups is 1. The SMILES string of the molecule is [B]C([B])(C)Oc1ccc([C@H](CO)NC(=O)[C@H]2C[C@@H]2c2cccc(F)c2)cn1. The standard InChI is InChI=1S/C19H19B2FN2O3/c1-19(20,21)27-17-6-5-12(9-23-17)16(10-25)24-18(26)15-8-14(15)11-3-2-4-13(22)7-11/h2-7,9,14-16,25H,8,10H2,1H3,(H,24,26)/t14-,15+,16+/m1/s1. The molecule has 136 valence electrons. The fraction of sp³-hybridized carbons (Fsp3) is 0.368. The average molecular weight is 364 g/mol. The van der Waals surface area contributed by atoms with E-state index in [1.165, 1.54) is 25.3 Å². The van der Waals surface area contributed by atoms with Crippen molar-refractivity contribution in [2.24, 2.45) is 5.92 Å². The van der Waals surface area contributed by atoms with Crippen LogP contribution in [0.4, 0.5) is 4.39 Å². The minimum atomic E-state index is -1.35. The fourth-order valence-corrected chi connectivity index (χ4v) is 2.99. The molecule has 1 saturated carbocycles. The number of hydrogen-bond acceptors (Lipinski definition) is 4. The van der Waals surface area contributed by atoms with Gasteiger partial charge in [0.25, 0.3) is 0 Å². The van der Waals surface area contributed by atoms with Crippen molar-refractivity contribution in [3.63, 3.8) is 0 Å². The van der Waals surface area contributed by atoms with E-state index in [-0.39, 0.29) is 36.0 Å². The zero-order valence-corrected chi connectivity index (χ0v) is 14.9. The molecule has 1 fully saturated rings. The summed E-state index contributed by atoms with van der Waals surface area (Å²) in [5.74, 6) is -0.485. The monoisotopic (exact) mass is 364 g/mol. The zero-order valence-electron chi connectivity index (χ0n) is 14.9. The number of halogens is 1. The Morgan fingerprint density at radius 3 is 2.81 bits per heavy atom. The van der Waals surface area contributed by atoms with Gasteiger partial charge in [-0.2, -0.15) is 0 Å². The van der Waals surface area contributed by atoms with Crippen LogP contribution < -0.4 is 10.1 Å². The fourth-order valence-electron chi connectivity index (χ4n) is 2.99. The third kappa shape index (κ3) is 5.10. The normalized spacial score (nSPS) is 20.0. The van der Waals surface area contributed by atoms with Gasteiger partial charge in [-0.25, -0.2) is 9.37 Å². The largest absolute Gasteiger partial charge is 0.492 e. The Hall–Kier alpha value is -2.34. The molecule has 4 radical (unpaired) electrons. The van der Waals surface area contributed by atoms with E-state index in [4.69, 9.17) is 20.4 Å². The summed E-state index contributed by atoms with van der Waals surface area (Å²) in [4.78, 5) is 16.6. The maximum Gasteiger partial charge on any atom is 0.224 e. The van der Waals surface area contributed by atoms with Crippen molar-refractivity contribution in [3.8, 4) is 5.88 Å². The second-order valence-corrected chi connectivity index (χ2v) is 6.96. The Labute approximate surface area is 160 Å². The molecule has 1 aromatic heterocycles. The average Bonchev–Trinajstić information content (AvgIpc) is 3.40. The van der Waals surface area contributed by atoms with Crippen LogP contribution in [0.1, 0.15) is 36.4 Å². The Kier molecular flexibility index (Phi) is 5.56. The van der Waals surface area contributed by atoms with Gasteiger partial charge in [0, 0.05) is 23.6 Å². The van der Waals surface area contributed by atoms with E-state index in [9.17, 15) is 14.3 Å². The number of carbonyl (C=O) groups is 1. The Balaban J connectivity index is 1.61. The van der Waals surface area contributed by atoms with Crippen molar-refractivity contribution in [2.45, 2.75) is 30.7 Å². The third-order valence-corrected chi connectivity index (χ3v) is 4.39. The number of benzene rings is 1. The van der Waals surface area contributed by atoms with E-state index in [2.05, 4.69) is 10.3 Å². The third-order valence-electron chi connectivity index (χ3n) is 4.39. The summed E-state index contributed by atoms with van der Waals surface area (Å²) >= 11 is 0. The minimum absolute atomic E-state index is 0.000675. The van der Waals surface area contributed by atoms with Crippen LogP contribution in [0.5, 0.6) is 5.88 Å². The highest BCUT2D eigenvalue weighted by molar-refractivity contribution is 6.38. The number of aliphatic hydroxyl groups excluding tert-OH is 1. The van der Waals surface area contributed by atoms with Gasteiger partial charge in [-0.3, -0.25) is 4.79 Å². The maximum atomic E-state index is 13.3. The number of carbonyl (C=O) groups excluding carboxylic acids is 1. The van der Waals surface area contributed by atoms with E-state index in [1.807, 2.05) is 6.07 Å². The number of rotatable bonds is 7. The molecular weight excluding hydrogens is 345 g/mol. The van der Waals surface area contributed by atoms with Crippen LogP contribution in [0.25, 0.3) is 0 Å². The van der Waals surface area contributed by atoms with Crippen LogP contribution in [0.3, 0.4) is 0 Å². The summed E-state index contributed by atoms with van der Waals surface area (Å²) in [6, 6.07) is 8.91. The summed E-state index contributed by atoms with van der Waals surface area (Å²) in [6.07, 6.45) is 2.14. The quantitative estimate of drug-likeness (QED) is 0.732. The molecule has 0 saturated heterocycles. The van der Waals surface area contributed by atoms with Crippen LogP contribution in [0.15, 0.2) is 42.6 Å². The predicted molar refractivity (Wildman–Crippen MR) is 100.0 cm³/mol. The van der Waals surface area contributed by atoms with Crippen LogP contribution in [-0.2, 0) is 4.79 Å². The van der Waals surface area contributed by atoms with Crippen molar-refractivity contribution in [2.75, 3.05) is 6.61 Å². The highest BCUT2D eigenvalue weighted by atomic mass is 19.1. The van der Waals surface area contributed by atoms with E-state index in [1.54, 1.807) is 18.2 Å². The van der Waals surface area contributed by atoms with Crippen LogP contribution in [0, 0.1) is 11.7 Å². The number of nitrogens with zero attached hydrogens (tertiary/aromatic N) is 1. The number of ether oxygens (including phenoxy) is 1. The molecule has 27 heavy (non-hydrogen) atoms. The van der Waals surface area contributed by atoms with Gasteiger partial charge in [0.05, 0.1) is 12.6 Å². The van der Waals surface area contributed by atoms with Crippen molar-refractivity contribution in [1.29, 1.82) is 0 Å². The lowest BCUT2D eigenvalue weighted by molar-refractivity contribution is -0.123. The van der Waals surface area contributed by atoms with Gasteiger partial charge in [-0.1, -0.05) is 12.1 Å². The van der Waals surface area contributed by atoms with Crippen LogP contribution in [0.2, 0.25) is 0 Å². The molecule has 1 amide bonds. The van der Waals surface area contributed by atoms with Crippen molar-refractivity contribution in [3.05, 3.63) is 59.5 Å².